The Labute approximate surface area is 244 Å². The maximum absolute atomic E-state index is 12.8. The molecular weight excluding hydrogens is 532 g/mol. The Kier molecular flexibility index (Phi) is 8.91. The van der Waals surface area contributed by atoms with Gasteiger partial charge in [0, 0.05) is 55.1 Å². The molecule has 0 bridgehead atoms. The van der Waals surface area contributed by atoms with E-state index in [1.807, 2.05) is 48.7 Å². The summed E-state index contributed by atoms with van der Waals surface area (Å²) in [5, 5.41) is 11.2. The van der Waals surface area contributed by atoms with E-state index < -0.39 is 5.66 Å². The third-order valence-electron chi connectivity index (χ3n) is 7.75. The third-order valence-corrected chi connectivity index (χ3v) is 8.76. The second kappa shape index (κ2) is 12.8. The van der Waals surface area contributed by atoms with E-state index in [-0.39, 0.29) is 11.7 Å². The van der Waals surface area contributed by atoms with Crippen molar-refractivity contribution in [3.63, 3.8) is 0 Å². The fourth-order valence-corrected chi connectivity index (χ4v) is 6.10. The van der Waals surface area contributed by atoms with Gasteiger partial charge in [-0.25, -0.2) is 4.98 Å². The number of fused-ring (bicyclic) bond motifs is 3. The number of ketones is 1. The molecule has 0 atom stereocenters. The lowest BCUT2D eigenvalue weighted by molar-refractivity contribution is 0.0949. The minimum atomic E-state index is -0.399. The lowest BCUT2D eigenvalue weighted by Gasteiger charge is -2.17. The molecule has 0 aliphatic carbocycles. The standard InChI is InChI=1S/C32H36N6O2S/c1-4-7-17-32(35-36-32)18-19-33-30(40)24-13-11-23(12-14-24)26-22-38-27-16-15-25(21-29(27)41-31(38)34-26)28(39)10-8-9-20-37(5-2)6-3/h1,11-16,21-22H,5-10,17-20H2,2-3H3,(H,33,40). The number of terminal acetylenes is 1. The summed E-state index contributed by atoms with van der Waals surface area (Å²) in [7, 11) is 0. The summed E-state index contributed by atoms with van der Waals surface area (Å²) in [6, 6.07) is 13.4. The predicted octanol–water partition coefficient (Wildman–Crippen LogP) is 6.61. The Morgan fingerprint density at radius 1 is 1.05 bits per heavy atom. The van der Waals surface area contributed by atoms with Gasteiger partial charge in [0.05, 0.1) is 15.9 Å². The first kappa shape index (κ1) is 28.7. The lowest BCUT2D eigenvalue weighted by atomic mass is 10.0. The highest BCUT2D eigenvalue weighted by atomic mass is 32.1. The summed E-state index contributed by atoms with van der Waals surface area (Å²) in [4.78, 5) is 33.5. The van der Waals surface area contributed by atoms with E-state index >= 15 is 0 Å². The van der Waals surface area contributed by atoms with Crippen molar-refractivity contribution in [1.29, 1.82) is 0 Å². The molecule has 1 N–H and O–H groups in total. The molecule has 5 rings (SSSR count). The average molecular weight is 569 g/mol. The van der Waals surface area contributed by atoms with Crippen LogP contribution in [0.5, 0.6) is 0 Å². The number of benzene rings is 2. The van der Waals surface area contributed by atoms with Crippen LogP contribution in [0.15, 0.2) is 58.9 Å². The molecule has 4 aromatic rings. The van der Waals surface area contributed by atoms with E-state index in [1.54, 1.807) is 11.3 Å². The summed E-state index contributed by atoms with van der Waals surface area (Å²) in [6.07, 6.45) is 11.9. The number of unbranched alkanes of at least 4 members (excludes halogenated alkanes) is 1. The fraction of sp³-hybridized carbons (Fsp3) is 0.406. The molecule has 1 aliphatic heterocycles. The molecule has 3 heterocycles. The van der Waals surface area contributed by atoms with Gasteiger partial charge in [-0.2, -0.15) is 10.2 Å². The van der Waals surface area contributed by atoms with Gasteiger partial charge in [-0.05, 0) is 62.8 Å². The van der Waals surface area contributed by atoms with Gasteiger partial charge in [0.25, 0.3) is 5.91 Å². The number of aromatic nitrogens is 2. The quantitative estimate of drug-likeness (QED) is 0.0993. The molecule has 8 nitrogen and oxygen atoms in total. The van der Waals surface area contributed by atoms with E-state index in [0.29, 0.717) is 31.4 Å². The Morgan fingerprint density at radius 2 is 1.80 bits per heavy atom. The van der Waals surface area contributed by atoms with Crippen LogP contribution in [-0.4, -0.2) is 57.8 Å². The van der Waals surface area contributed by atoms with Crippen molar-refractivity contribution in [1.82, 2.24) is 19.6 Å². The van der Waals surface area contributed by atoms with E-state index in [2.05, 4.69) is 44.6 Å². The van der Waals surface area contributed by atoms with Crippen LogP contribution in [0.25, 0.3) is 26.4 Å². The first-order valence-corrected chi connectivity index (χ1v) is 15.2. The molecule has 41 heavy (non-hydrogen) atoms. The maximum Gasteiger partial charge on any atom is 0.251 e. The molecule has 1 aliphatic rings. The molecule has 0 saturated carbocycles. The molecular formula is C32H36N6O2S. The smallest absolute Gasteiger partial charge is 0.251 e. The maximum atomic E-state index is 12.8. The van der Waals surface area contributed by atoms with Gasteiger partial charge in [0.2, 0.25) is 0 Å². The monoisotopic (exact) mass is 568 g/mol. The Hall–Kier alpha value is -3.87. The zero-order valence-corrected chi connectivity index (χ0v) is 24.5. The second-order valence-corrected chi connectivity index (χ2v) is 11.4. The lowest BCUT2D eigenvalue weighted by Crippen LogP contribution is -2.28. The number of rotatable bonds is 15. The van der Waals surface area contributed by atoms with Gasteiger partial charge >= 0.3 is 0 Å². The largest absolute Gasteiger partial charge is 0.352 e. The number of hydrogen-bond acceptors (Lipinski definition) is 7. The Bertz CT molecular complexity index is 1600. The van der Waals surface area contributed by atoms with Crippen LogP contribution in [0.1, 0.15) is 73.1 Å². The SMILES string of the molecule is C#CCCC1(CCNC(=O)c2ccc(-c3cn4c(n3)sc3cc(C(=O)CCCCN(CC)CC)ccc34)cc2)N=N1. The highest BCUT2D eigenvalue weighted by molar-refractivity contribution is 7.23. The molecule has 0 radical (unpaired) electrons. The minimum Gasteiger partial charge on any atom is -0.352 e. The normalized spacial score (nSPS) is 13.6. The summed E-state index contributed by atoms with van der Waals surface area (Å²) in [5.74, 6) is 2.68. The van der Waals surface area contributed by atoms with Crippen LogP contribution in [0, 0.1) is 12.3 Å². The first-order chi connectivity index (χ1) is 19.9. The van der Waals surface area contributed by atoms with Crippen molar-refractivity contribution in [3.8, 4) is 23.6 Å². The van der Waals surface area contributed by atoms with Gasteiger partial charge in [0.1, 0.15) is 0 Å². The summed E-state index contributed by atoms with van der Waals surface area (Å²) < 4.78 is 3.12. The molecule has 212 valence electrons. The summed E-state index contributed by atoms with van der Waals surface area (Å²) in [5.41, 5.74) is 3.77. The molecule has 0 saturated heterocycles. The third kappa shape index (κ3) is 6.72. The molecule has 9 heteroatoms. The van der Waals surface area contributed by atoms with E-state index in [9.17, 15) is 9.59 Å². The second-order valence-electron chi connectivity index (χ2n) is 10.4. The summed E-state index contributed by atoms with van der Waals surface area (Å²) in [6.45, 7) is 7.98. The van der Waals surface area contributed by atoms with Crippen molar-refractivity contribution in [2.24, 2.45) is 10.2 Å². The number of nitrogens with one attached hydrogen (secondary N) is 1. The van der Waals surface area contributed by atoms with Gasteiger partial charge in [-0.3, -0.25) is 14.0 Å². The van der Waals surface area contributed by atoms with Crippen molar-refractivity contribution >= 4 is 38.2 Å². The molecule has 0 spiro atoms. The van der Waals surface area contributed by atoms with Crippen LogP contribution < -0.4 is 5.32 Å². The van der Waals surface area contributed by atoms with Crippen molar-refractivity contribution < 1.29 is 9.59 Å². The minimum absolute atomic E-state index is 0.129. The van der Waals surface area contributed by atoms with Crippen LogP contribution >= 0.6 is 11.3 Å². The zero-order chi connectivity index (χ0) is 28.8. The van der Waals surface area contributed by atoms with Crippen molar-refractivity contribution in [2.45, 2.75) is 58.0 Å². The number of Topliss-reactive ketones (excluding diaryl/α,β-unsaturated/α-hetero) is 1. The zero-order valence-electron chi connectivity index (χ0n) is 23.7. The number of carbonyl (C=O) groups excluding carboxylic acids is 2. The van der Waals surface area contributed by atoms with Gasteiger partial charge in [0.15, 0.2) is 16.4 Å². The molecule has 2 aromatic heterocycles. The number of carbonyl (C=O) groups is 2. The van der Waals surface area contributed by atoms with E-state index in [0.717, 1.165) is 70.9 Å². The Balaban J connectivity index is 1.18. The first-order valence-electron chi connectivity index (χ1n) is 14.4. The van der Waals surface area contributed by atoms with Crippen LogP contribution in [-0.2, 0) is 0 Å². The van der Waals surface area contributed by atoms with Crippen molar-refractivity contribution in [2.75, 3.05) is 26.2 Å². The van der Waals surface area contributed by atoms with E-state index in [4.69, 9.17) is 11.4 Å². The van der Waals surface area contributed by atoms with Gasteiger partial charge in [-0.15, -0.1) is 12.3 Å². The number of hydrogen-bond donors (Lipinski definition) is 1. The fourth-order valence-electron chi connectivity index (χ4n) is 5.06. The molecule has 2 aromatic carbocycles. The topological polar surface area (TPSA) is 91.4 Å². The number of amides is 1. The predicted molar refractivity (Wildman–Crippen MR) is 165 cm³/mol. The number of imidazole rings is 1. The molecule has 0 unspecified atom stereocenters. The van der Waals surface area contributed by atoms with Crippen molar-refractivity contribution in [3.05, 3.63) is 59.8 Å². The van der Waals surface area contributed by atoms with Crippen LogP contribution in [0.2, 0.25) is 0 Å². The summed E-state index contributed by atoms with van der Waals surface area (Å²) >= 11 is 1.58. The highest BCUT2D eigenvalue weighted by Gasteiger charge is 2.38. The highest BCUT2D eigenvalue weighted by Crippen LogP contribution is 2.36. The average Bonchev–Trinajstić information content (AvgIpc) is 3.51. The van der Waals surface area contributed by atoms with Crippen LogP contribution in [0.3, 0.4) is 0 Å². The number of nitrogens with zero attached hydrogens (tertiary/aromatic N) is 5. The Morgan fingerprint density at radius 3 is 2.51 bits per heavy atom. The van der Waals surface area contributed by atoms with Gasteiger partial charge < -0.3 is 10.2 Å². The van der Waals surface area contributed by atoms with Crippen LogP contribution in [0.4, 0.5) is 0 Å². The number of thiazole rings is 1. The van der Waals surface area contributed by atoms with Gasteiger partial charge in [-0.1, -0.05) is 37.3 Å². The molecule has 0 fully saturated rings. The molecule has 1 amide bonds. The van der Waals surface area contributed by atoms with E-state index in [1.165, 1.54) is 0 Å².